The van der Waals surface area contributed by atoms with Crippen LogP contribution >= 0.6 is 0 Å². The van der Waals surface area contributed by atoms with Gasteiger partial charge in [0.15, 0.2) is 5.78 Å². The summed E-state index contributed by atoms with van der Waals surface area (Å²) in [6.45, 7) is 27.1. The highest BCUT2D eigenvalue weighted by Gasteiger charge is 2.40. The van der Waals surface area contributed by atoms with E-state index < -0.39 is 0 Å². The van der Waals surface area contributed by atoms with Crippen LogP contribution < -0.4 is 0 Å². The Morgan fingerprint density at radius 1 is 1.14 bits per heavy atom. The Hall–Kier alpha value is -1.70. The predicted molar refractivity (Wildman–Crippen MR) is 124 cm³/mol. The Balaban J connectivity index is 0. The van der Waals surface area contributed by atoms with Gasteiger partial charge in [0, 0.05) is 17.3 Å². The van der Waals surface area contributed by atoms with E-state index in [0.29, 0.717) is 17.3 Å². The minimum Gasteiger partial charge on any atom is -0.299 e. The maximum Gasteiger partial charge on any atom is 0.160 e. The maximum absolute atomic E-state index is 12.1. The van der Waals surface area contributed by atoms with Gasteiger partial charge in [-0.2, -0.15) is 0 Å². The molecule has 0 aliphatic heterocycles. The van der Waals surface area contributed by atoms with Gasteiger partial charge < -0.3 is 0 Å². The summed E-state index contributed by atoms with van der Waals surface area (Å²) in [5, 5.41) is 0. The van der Waals surface area contributed by atoms with Gasteiger partial charge >= 0.3 is 0 Å². The molecule has 0 aromatic rings. The van der Waals surface area contributed by atoms with E-state index in [1.54, 1.807) is 6.92 Å². The molecule has 1 rings (SSSR count). The van der Waals surface area contributed by atoms with Gasteiger partial charge in [0.05, 0.1) is 0 Å². The Morgan fingerprint density at radius 3 is 1.86 bits per heavy atom. The van der Waals surface area contributed by atoms with Crippen molar-refractivity contribution in [2.24, 2.45) is 23.2 Å². The van der Waals surface area contributed by atoms with E-state index in [4.69, 9.17) is 0 Å². The van der Waals surface area contributed by atoms with Crippen molar-refractivity contribution >= 4 is 11.6 Å². The topological polar surface area (TPSA) is 34.1 Å². The van der Waals surface area contributed by atoms with E-state index >= 15 is 0 Å². The Labute approximate surface area is 174 Å². The third-order valence-corrected chi connectivity index (χ3v) is 5.06. The quantitative estimate of drug-likeness (QED) is 0.277. The summed E-state index contributed by atoms with van der Waals surface area (Å²) in [5.41, 5.74) is 3.08. The van der Waals surface area contributed by atoms with Gasteiger partial charge in [-0.15, -0.1) is 0 Å². The molecule has 0 aromatic carbocycles. The summed E-state index contributed by atoms with van der Waals surface area (Å²) in [4.78, 5) is 22.9. The van der Waals surface area contributed by atoms with Crippen LogP contribution in [0.15, 0.2) is 48.1 Å². The van der Waals surface area contributed by atoms with Crippen molar-refractivity contribution in [3.63, 3.8) is 0 Å². The lowest BCUT2D eigenvalue weighted by Gasteiger charge is -2.38. The monoisotopic (exact) mass is 388 g/mol. The SMILES string of the molecule is C=C(C)/C=C/C.C=C(C)C(=O)C(C)C.CC1=CC(C)C(C)(C(=O)C(C)C)CC1. The van der Waals surface area contributed by atoms with Gasteiger partial charge in [-0.25, -0.2) is 0 Å². The van der Waals surface area contributed by atoms with Crippen LogP contribution in [-0.4, -0.2) is 11.6 Å². The van der Waals surface area contributed by atoms with Crippen molar-refractivity contribution < 1.29 is 9.59 Å². The third kappa shape index (κ3) is 10.6. The molecule has 0 N–H and O–H groups in total. The van der Waals surface area contributed by atoms with Gasteiger partial charge in [0.1, 0.15) is 5.78 Å². The average molecular weight is 389 g/mol. The lowest BCUT2D eigenvalue weighted by atomic mass is 9.65. The first-order chi connectivity index (χ1) is 12.7. The molecule has 0 bridgehead atoms. The molecular formula is C26H44O2. The van der Waals surface area contributed by atoms with Crippen molar-refractivity contribution in [1.82, 2.24) is 0 Å². The second kappa shape index (κ2) is 13.5. The van der Waals surface area contributed by atoms with E-state index in [9.17, 15) is 9.59 Å². The molecule has 28 heavy (non-hydrogen) atoms. The van der Waals surface area contributed by atoms with E-state index in [1.807, 2.05) is 53.7 Å². The van der Waals surface area contributed by atoms with Crippen molar-refractivity contribution in [1.29, 1.82) is 0 Å². The van der Waals surface area contributed by atoms with Crippen LogP contribution in [0.3, 0.4) is 0 Å². The molecule has 2 unspecified atom stereocenters. The van der Waals surface area contributed by atoms with Crippen LogP contribution in [0.2, 0.25) is 0 Å². The zero-order chi connectivity index (χ0) is 22.7. The molecular weight excluding hydrogens is 344 g/mol. The van der Waals surface area contributed by atoms with Gasteiger partial charge in [0.25, 0.3) is 0 Å². The highest BCUT2D eigenvalue weighted by atomic mass is 16.1. The number of Topliss-reactive ketones (excluding diaryl/α,β-unsaturated/α-hetero) is 2. The van der Waals surface area contributed by atoms with Crippen LogP contribution in [0.5, 0.6) is 0 Å². The highest BCUT2D eigenvalue weighted by Crippen LogP contribution is 2.41. The molecule has 0 saturated heterocycles. The van der Waals surface area contributed by atoms with Crippen molar-refractivity contribution in [2.75, 3.05) is 0 Å². The fourth-order valence-corrected chi connectivity index (χ4v) is 3.16. The summed E-state index contributed by atoms with van der Waals surface area (Å²) in [6, 6.07) is 0. The van der Waals surface area contributed by atoms with Crippen LogP contribution in [0, 0.1) is 23.2 Å². The summed E-state index contributed by atoms with van der Waals surface area (Å²) >= 11 is 0. The highest BCUT2D eigenvalue weighted by molar-refractivity contribution is 5.95. The Morgan fingerprint density at radius 2 is 1.64 bits per heavy atom. The Kier molecular flexibility index (Phi) is 13.7. The zero-order valence-electron chi connectivity index (χ0n) is 20.1. The van der Waals surface area contributed by atoms with Crippen molar-refractivity contribution in [2.45, 2.75) is 82.1 Å². The normalized spacial score (nSPS) is 21.3. The average Bonchev–Trinajstić information content (AvgIpc) is 2.57. The molecule has 0 fully saturated rings. The van der Waals surface area contributed by atoms with E-state index in [1.165, 1.54) is 5.57 Å². The van der Waals surface area contributed by atoms with Gasteiger partial charge in [-0.1, -0.05) is 84.1 Å². The molecule has 1 aliphatic carbocycles. The lowest BCUT2D eigenvalue weighted by molar-refractivity contribution is -0.133. The molecule has 2 atom stereocenters. The molecule has 160 valence electrons. The fraction of sp³-hybridized carbons (Fsp3) is 0.615. The van der Waals surface area contributed by atoms with E-state index in [0.717, 1.165) is 18.4 Å². The van der Waals surface area contributed by atoms with Gasteiger partial charge in [-0.3, -0.25) is 9.59 Å². The van der Waals surface area contributed by atoms with Crippen LogP contribution in [0.4, 0.5) is 0 Å². The van der Waals surface area contributed by atoms with Crippen LogP contribution in [0.25, 0.3) is 0 Å². The van der Waals surface area contributed by atoms with Crippen LogP contribution in [0.1, 0.15) is 82.1 Å². The van der Waals surface area contributed by atoms with E-state index in [-0.39, 0.29) is 23.0 Å². The maximum atomic E-state index is 12.1. The van der Waals surface area contributed by atoms with E-state index in [2.05, 4.69) is 40.0 Å². The molecule has 1 aliphatic rings. The number of hydrogen-bond donors (Lipinski definition) is 0. The molecule has 2 nitrogen and oxygen atoms in total. The molecule has 0 aromatic heterocycles. The zero-order valence-corrected chi connectivity index (χ0v) is 20.1. The number of carbonyl (C=O) groups excluding carboxylic acids is 2. The Bertz CT molecular complexity index is 602. The first-order valence-electron chi connectivity index (χ1n) is 10.4. The smallest absolute Gasteiger partial charge is 0.160 e. The molecule has 0 heterocycles. The second-order valence-corrected chi connectivity index (χ2v) is 8.88. The summed E-state index contributed by atoms with van der Waals surface area (Å²) in [7, 11) is 0. The van der Waals surface area contributed by atoms with Crippen molar-refractivity contribution in [3.05, 3.63) is 48.1 Å². The lowest BCUT2D eigenvalue weighted by Crippen LogP contribution is -2.38. The summed E-state index contributed by atoms with van der Waals surface area (Å²) in [6.07, 6.45) is 8.32. The molecule has 0 saturated carbocycles. The van der Waals surface area contributed by atoms with Crippen LogP contribution in [-0.2, 0) is 9.59 Å². The fourth-order valence-electron chi connectivity index (χ4n) is 3.16. The minimum atomic E-state index is -0.117. The number of hydrogen-bond acceptors (Lipinski definition) is 2. The molecule has 0 radical (unpaired) electrons. The molecule has 0 amide bonds. The first kappa shape index (κ1) is 28.5. The largest absolute Gasteiger partial charge is 0.299 e. The standard InChI is InChI=1S/C13H22O.C7H12O.C6H10/c1-9(2)12(14)13(5)7-6-10(3)8-11(13)4;1-5(2)7(8)6(3)4;1-4-5-6(2)3/h8-9,11H,6-7H2,1-5H3;6H,1H2,2-4H3;4-5H,2H2,1,3H3/b;;5-4+. The first-order valence-corrected chi connectivity index (χ1v) is 10.4. The number of ketones is 2. The van der Waals surface area contributed by atoms with Gasteiger partial charge in [0.2, 0.25) is 0 Å². The molecule has 2 heteroatoms. The second-order valence-electron chi connectivity index (χ2n) is 8.88. The number of rotatable bonds is 5. The summed E-state index contributed by atoms with van der Waals surface area (Å²) < 4.78 is 0. The number of allylic oxidation sites excluding steroid dienone is 6. The third-order valence-electron chi connectivity index (χ3n) is 5.06. The number of carbonyl (C=O) groups is 2. The predicted octanol–water partition coefficient (Wildman–Crippen LogP) is 7.52. The minimum absolute atomic E-state index is 0.104. The summed E-state index contributed by atoms with van der Waals surface area (Å²) in [5.74, 6) is 1.24. The molecule has 0 spiro atoms. The van der Waals surface area contributed by atoms with Crippen molar-refractivity contribution in [3.8, 4) is 0 Å². The van der Waals surface area contributed by atoms with Gasteiger partial charge in [-0.05, 0) is 52.0 Å².